The van der Waals surface area contributed by atoms with Gasteiger partial charge in [0.05, 0.1) is 20.2 Å². The van der Waals surface area contributed by atoms with Crippen molar-refractivity contribution in [2.45, 2.75) is 17.2 Å². The SMILES string of the molecule is COc1c(S(C)(=O)=O)ccc(OCC(F)(F)F)c1C(=O)N1CC(Oc2c(F)cc(F)cc2F)C1. The van der Waals surface area contributed by atoms with Crippen molar-refractivity contribution >= 4 is 15.7 Å². The molecule has 0 saturated carbocycles. The predicted octanol–water partition coefficient (Wildman–Crippen LogP) is 3.36. The zero-order valence-electron chi connectivity index (χ0n) is 17.6. The fraction of sp³-hybridized carbons (Fsp3) is 0.350. The smallest absolute Gasteiger partial charge is 0.422 e. The molecule has 0 aromatic heterocycles. The summed E-state index contributed by atoms with van der Waals surface area (Å²) >= 11 is 0. The van der Waals surface area contributed by atoms with E-state index in [-0.39, 0.29) is 13.1 Å². The Bertz CT molecular complexity index is 1190. The first-order chi connectivity index (χ1) is 15.7. The number of ether oxygens (including phenoxy) is 3. The lowest BCUT2D eigenvalue weighted by Gasteiger charge is -2.39. The Labute approximate surface area is 189 Å². The standard InChI is InChI=1S/C20H17F6NO6S/c1-31-18-15(34(2,29)30)4-3-14(32-9-20(24,25)26)16(18)19(28)27-7-11(8-27)33-17-12(22)5-10(21)6-13(17)23/h3-6,11H,7-9H2,1-2H3. The van der Waals surface area contributed by atoms with Crippen LogP contribution in [-0.2, 0) is 9.84 Å². The number of methoxy groups -OCH3 is 1. The van der Waals surface area contributed by atoms with Gasteiger partial charge in [-0.05, 0) is 12.1 Å². The van der Waals surface area contributed by atoms with Crippen LogP contribution in [0.25, 0.3) is 0 Å². The number of alkyl halides is 3. The highest BCUT2D eigenvalue weighted by molar-refractivity contribution is 7.90. The van der Waals surface area contributed by atoms with Crippen LogP contribution in [0.2, 0.25) is 0 Å². The first-order valence-electron chi connectivity index (χ1n) is 9.42. The average molecular weight is 513 g/mol. The number of carbonyl (C=O) groups excluding carboxylic acids is 1. The van der Waals surface area contributed by atoms with Gasteiger partial charge in [0, 0.05) is 18.4 Å². The summed E-state index contributed by atoms with van der Waals surface area (Å²) in [6.07, 6.45) is -4.86. The Morgan fingerprint density at radius 2 is 1.68 bits per heavy atom. The first-order valence-corrected chi connectivity index (χ1v) is 11.3. The van der Waals surface area contributed by atoms with Gasteiger partial charge in [-0.3, -0.25) is 4.79 Å². The molecule has 0 bridgehead atoms. The van der Waals surface area contributed by atoms with Gasteiger partial charge in [-0.15, -0.1) is 0 Å². The number of benzene rings is 2. The zero-order valence-corrected chi connectivity index (χ0v) is 18.4. The summed E-state index contributed by atoms with van der Waals surface area (Å²) in [6.45, 7) is -2.29. The predicted molar refractivity (Wildman–Crippen MR) is 104 cm³/mol. The molecular weight excluding hydrogens is 496 g/mol. The molecule has 0 spiro atoms. The minimum Gasteiger partial charge on any atom is -0.494 e. The van der Waals surface area contributed by atoms with Gasteiger partial charge in [0.2, 0.25) is 0 Å². The molecule has 1 heterocycles. The van der Waals surface area contributed by atoms with Gasteiger partial charge in [-0.25, -0.2) is 21.6 Å². The summed E-state index contributed by atoms with van der Waals surface area (Å²) in [7, 11) is -2.93. The van der Waals surface area contributed by atoms with Gasteiger partial charge in [0.15, 0.2) is 39.6 Å². The molecular formula is C20H17F6NO6S. The molecule has 2 aromatic carbocycles. The molecule has 14 heteroatoms. The van der Waals surface area contributed by atoms with Crippen LogP contribution in [0.5, 0.6) is 17.2 Å². The summed E-state index contributed by atoms with van der Waals surface area (Å²) in [5.74, 6) is -6.67. The van der Waals surface area contributed by atoms with Crippen LogP contribution in [0.15, 0.2) is 29.2 Å². The highest BCUT2D eigenvalue weighted by Crippen LogP contribution is 2.38. The normalized spacial score (nSPS) is 14.5. The third-order valence-electron chi connectivity index (χ3n) is 4.67. The van der Waals surface area contributed by atoms with Crippen molar-refractivity contribution in [3.05, 3.63) is 47.3 Å². The van der Waals surface area contributed by atoms with E-state index in [0.717, 1.165) is 30.4 Å². The van der Waals surface area contributed by atoms with Gasteiger partial charge in [0.1, 0.15) is 28.1 Å². The van der Waals surface area contributed by atoms with Crippen molar-refractivity contribution in [3.8, 4) is 17.2 Å². The minimum atomic E-state index is -4.75. The van der Waals surface area contributed by atoms with E-state index >= 15 is 0 Å². The van der Waals surface area contributed by atoms with E-state index in [4.69, 9.17) is 14.2 Å². The van der Waals surface area contributed by atoms with Crippen molar-refractivity contribution in [1.82, 2.24) is 4.90 Å². The molecule has 0 radical (unpaired) electrons. The van der Waals surface area contributed by atoms with Gasteiger partial charge in [-0.1, -0.05) is 0 Å². The molecule has 1 fully saturated rings. The summed E-state index contributed by atoms with van der Waals surface area (Å²) < 4.78 is 118. The summed E-state index contributed by atoms with van der Waals surface area (Å²) in [5.41, 5.74) is -0.577. The van der Waals surface area contributed by atoms with E-state index in [1.807, 2.05) is 0 Å². The third kappa shape index (κ3) is 5.48. The Morgan fingerprint density at radius 1 is 1.09 bits per heavy atom. The van der Waals surface area contributed by atoms with Crippen molar-refractivity contribution < 1.29 is 53.8 Å². The van der Waals surface area contributed by atoms with Gasteiger partial charge >= 0.3 is 6.18 Å². The topological polar surface area (TPSA) is 82.1 Å². The summed E-state index contributed by atoms with van der Waals surface area (Å²) in [6, 6.07) is 2.66. The molecule has 1 saturated heterocycles. The number of hydrogen-bond donors (Lipinski definition) is 0. The van der Waals surface area contributed by atoms with E-state index in [0.29, 0.717) is 12.1 Å². The van der Waals surface area contributed by atoms with Crippen LogP contribution in [-0.4, -0.2) is 64.6 Å². The maximum atomic E-state index is 13.8. The largest absolute Gasteiger partial charge is 0.494 e. The van der Waals surface area contributed by atoms with Gasteiger partial charge in [-0.2, -0.15) is 13.2 Å². The van der Waals surface area contributed by atoms with Crippen LogP contribution in [0.3, 0.4) is 0 Å². The number of nitrogens with zero attached hydrogens (tertiary/aromatic N) is 1. The molecule has 34 heavy (non-hydrogen) atoms. The second-order valence-corrected chi connectivity index (χ2v) is 9.28. The lowest BCUT2D eigenvalue weighted by atomic mass is 10.1. The number of likely N-dealkylation sites (tertiary alicyclic amines) is 1. The van der Waals surface area contributed by atoms with E-state index in [9.17, 15) is 39.6 Å². The highest BCUT2D eigenvalue weighted by atomic mass is 32.2. The van der Waals surface area contributed by atoms with Crippen LogP contribution in [0, 0.1) is 17.5 Å². The molecule has 0 aliphatic carbocycles. The van der Waals surface area contributed by atoms with Gasteiger partial charge in [0.25, 0.3) is 5.91 Å². The number of halogens is 6. The number of amides is 1. The van der Waals surface area contributed by atoms with Crippen molar-refractivity contribution in [3.63, 3.8) is 0 Å². The van der Waals surface area contributed by atoms with Gasteiger partial charge < -0.3 is 19.1 Å². The molecule has 0 N–H and O–H groups in total. The Balaban J connectivity index is 1.87. The summed E-state index contributed by atoms with van der Waals surface area (Å²) in [5, 5.41) is 0. The number of rotatable bonds is 7. The number of sulfone groups is 1. The lowest BCUT2D eigenvalue weighted by molar-refractivity contribution is -0.153. The Morgan fingerprint density at radius 3 is 2.18 bits per heavy atom. The molecule has 1 aliphatic rings. The maximum Gasteiger partial charge on any atom is 0.422 e. The fourth-order valence-corrected chi connectivity index (χ4v) is 4.00. The molecule has 0 unspecified atom stereocenters. The summed E-state index contributed by atoms with van der Waals surface area (Å²) in [4.78, 5) is 13.6. The number of carbonyl (C=O) groups is 1. The van der Waals surface area contributed by atoms with Crippen LogP contribution in [0.1, 0.15) is 10.4 Å². The van der Waals surface area contributed by atoms with E-state index in [2.05, 4.69) is 0 Å². The molecule has 1 aliphatic heterocycles. The highest BCUT2D eigenvalue weighted by Gasteiger charge is 2.38. The molecule has 1 amide bonds. The zero-order chi connectivity index (χ0) is 25.4. The lowest BCUT2D eigenvalue weighted by Crippen LogP contribution is -2.56. The number of hydrogen-bond acceptors (Lipinski definition) is 6. The molecule has 3 rings (SSSR count). The Kier molecular flexibility index (Phi) is 6.92. The van der Waals surface area contributed by atoms with Crippen LogP contribution >= 0.6 is 0 Å². The van der Waals surface area contributed by atoms with Crippen molar-refractivity contribution in [2.24, 2.45) is 0 Å². The molecule has 2 aromatic rings. The maximum absolute atomic E-state index is 13.8. The quantitative estimate of drug-likeness (QED) is 0.529. The second kappa shape index (κ2) is 9.24. The second-order valence-electron chi connectivity index (χ2n) is 7.29. The van der Waals surface area contributed by atoms with Crippen molar-refractivity contribution in [1.29, 1.82) is 0 Å². The van der Waals surface area contributed by atoms with Crippen LogP contribution < -0.4 is 14.2 Å². The van der Waals surface area contributed by atoms with Crippen LogP contribution in [0.4, 0.5) is 26.3 Å². The average Bonchev–Trinajstić information content (AvgIpc) is 2.67. The molecule has 186 valence electrons. The first kappa shape index (κ1) is 25.5. The Hall–Kier alpha value is -3.16. The van der Waals surface area contributed by atoms with Crippen molar-refractivity contribution in [2.75, 3.05) is 33.1 Å². The van der Waals surface area contributed by atoms with E-state index in [1.165, 1.54) is 0 Å². The van der Waals surface area contributed by atoms with E-state index < -0.39 is 79.8 Å². The molecule has 7 nitrogen and oxygen atoms in total. The van der Waals surface area contributed by atoms with E-state index in [1.54, 1.807) is 0 Å². The molecule has 0 atom stereocenters. The third-order valence-corrected chi connectivity index (χ3v) is 5.80. The fourth-order valence-electron chi connectivity index (χ4n) is 3.17. The minimum absolute atomic E-state index is 0.264. The monoisotopic (exact) mass is 513 g/mol.